The third kappa shape index (κ3) is 4.78. The van der Waals surface area contributed by atoms with Crippen LogP contribution in [0.1, 0.15) is 0 Å². The fourth-order valence-corrected chi connectivity index (χ4v) is 3.22. The van der Waals surface area contributed by atoms with Gasteiger partial charge in [-0.2, -0.15) is 0 Å². The normalized spacial score (nSPS) is 12.0. The molecular weight excluding hydrogens is 369 g/mol. The minimum atomic E-state index is -0.768. The number of aliphatic hydroxyl groups excluding tert-OH is 1. The molecule has 1 unspecified atom stereocenters. The number of ether oxygens (including phenoxy) is 2. The highest BCUT2D eigenvalue weighted by Crippen LogP contribution is 2.25. The monoisotopic (exact) mass is 389 g/mol. The number of hydrogen-bond acceptors (Lipinski definition) is 6. The summed E-state index contributed by atoms with van der Waals surface area (Å²) in [6.45, 7) is -0.00286. The Morgan fingerprint density at radius 2 is 1.89 bits per heavy atom. The van der Waals surface area contributed by atoms with Gasteiger partial charge in [-0.3, -0.25) is 0 Å². The fraction of sp³-hybridized carbons (Fsp3) is 0.263. The standard InChI is InChI=1S/C19H20FN3O3S/c1-23-18(13-7-9-15(25-2)10-8-13)21-22-19(23)27-12-14(24)11-26-17-6-4-3-5-16(17)20/h3-10,14,24H,11-12H2,1-2H3. The summed E-state index contributed by atoms with van der Waals surface area (Å²) in [6.07, 6.45) is -0.768. The Balaban J connectivity index is 1.56. The summed E-state index contributed by atoms with van der Waals surface area (Å²) in [5, 5.41) is 19.2. The first-order chi connectivity index (χ1) is 13.1. The van der Waals surface area contributed by atoms with Gasteiger partial charge in [-0.25, -0.2) is 4.39 Å². The van der Waals surface area contributed by atoms with E-state index in [1.807, 2.05) is 35.9 Å². The van der Waals surface area contributed by atoms with Crippen LogP contribution >= 0.6 is 11.8 Å². The van der Waals surface area contributed by atoms with E-state index >= 15 is 0 Å². The summed E-state index contributed by atoms with van der Waals surface area (Å²) in [7, 11) is 3.48. The summed E-state index contributed by atoms with van der Waals surface area (Å²) in [4.78, 5) is 0. The molecule has 0 radical (unpaired) electrons. The van der Waals surface area contributed by atoms with E-state index in [0.29, 0.717) is 10.9 Å². The van der Waals surface area contributed by atoms with Crippen LogP contribution in [0.4, 0.5) is 4.39 Å². The Morgan fingerprint density at radius 3 is 2.59 bits per heavy atom. The molecular formula is C19H20FN3O3S. The van der Waals surface area contributed by atoms with Gasteiger partial charge in [-0.15, -0.1) is 10.2 Å². The Hall–Kier alpha value is -2.58. The lowest BCUT2D eigenvalue weighted by atomic mass is 10.2. The molecule has 3 rings (SSSR count). The largest absolute Gasteiger partial charge is 0.497 e. The molecule has 6 nitrogen and oxygen atoms in total. The van der Waals surface area contributed by atoms with Crippen molar-refractivity contribution < 1.29 is 19.0 Å². The highest BCUT2D eigenvalue weighted by atomic mass is 32.2. The van der Waals surface area contributed by atoms with Crippen molar-refractivity contribution in [3.8, 4) is 22.9 Å². The lowest BCUT2D eigenvalue weighted by Crippen LogP contribution is -2.20. The molecule has 27 heavy (non-hydrogen) atoms. The Kier molecular flexibility index (Phi) is 6.31. The van der Waals surface area contributed by atoms with E-state index in [-0.39, 0.29) is 12.4 Å². The lowest BCUT2D eigenvalue weighted by molar-refractivity contribution is 0.123. The van der Waals surface area contributed by atoms with E-state index in [1.54, 1.807) is 19.2 Å². The van der Waals surface area contributed by atoms with Crippen LogP contribution in [0, 0.1) is 5.82 Å². The third-order valence-electron chi connectivity index (χ3n) is 3.86. The number of rotatable bonds is 8. The second-order valence-corrected chi connectivity index (χ2v) is 6.79. The van der Waals surface area contributed by atoms with Gasteiger partial charge in [0.1, 0.15) is 12.4 Å². The van der Waals surface area contributed by atoms with E-state index in [1.165, 1.54) is 23.9 Å². The van der Waals surface area contributed by atoms with Gasteiger partial charge >= 0.3 is 0 Å². The Bertz CT molecular complexity index is 886. The molecule has 0 spiro atoms. The van der Waals surface area contributed by atoms with Crippen LogP contribution in [0.3, 0.4) is 0 Å². The molecule has 142 valence electrons. The maximum atomic E-state index is 13.5. The lowest BCUT2D eigenvalue weighted by Gasteiger charge is -2.12. The fourth-order valence-electron chi connectivity index (χ4n) is 2.40. The molecule has 1 N–H and O–H groups in total. The third-order valence-corrected chi connectivity index (χ3v) is 5.02. The smallest absolute Gasteiger partial charge is 0.191 e. The average molecular weight is 389 g/mol. The molecule has 0 aliphatic rings. The first kappa shape index (κ1) is 19.2. The number of hydrogen-bond donors (Lipinski definition) is 1. The molecule has 0 amide bonds. The quantitative estimate of drug-likeness (QED) is 0.597. The van der Waals surface area contributed by atoms with Crippen LogP contribution in [0.5, 0.6) is 11.5 Å². The van der Waals surface area contributed by atoms with Crippen molar-refractivity contribution in [1.29, 1.82) is 0 Å². The maximum absolute atomic E-state index is 13.5. The van der Waals surface area contributed by atoms with Crippen LogP contribution in [-0.2, 0) is 7.05 Å². The van der Waals surface area contributed by atoms with Gasteiger partial charge in [0.15, 0.2) is 22.5 Å². The molecule has 1 heterocycles. The average Bonchev–Trinajstić information content (AvgIpc) is 3.06. The number of aliphatic hydroxyl groups is 1. The van der Waals surface area contributed by atoms with Gasteiger partial charge in [0, 0.05) is 18.4 Å². The van der Waals surface area contributed by atoms with Crippen molar-refractivity contribution in [3.63, 3.8) is 0 Å². The second-order valence-electron chi connectivity index (χ2n) is 5.80. The first-order valence-electron chi connectivity index (χ1n) is 8.30. The van der Waals surface area contributed by atoms with Crippen LogP contribution in [0.2, 0.25) is 0 Å². The summed E-state index contributed by atoms with van der Waals surface area (Å²) in [5.41, 5.74) is 0.918. The molecule has 0 aliphatic carbocycles. The number of methoxy groups -OCH3 is 1. The van der Waals surface area contributed by atoms with Crippen LogP contribution in [0.15, 0.2) is 53.7 Å². The predicted octanol–water partition coefficient (Wildman–Crippen LogP) is 3.16. The number of para-hydroxylation sites is 1. The zero-order chi connectivity index (χ0) is 19.2. The minimum Gasteiger partial charge on any atom is -0.497 e. The molecule has 1 aromatic heterocycles. The van der Waals surface area contributed by atoms with E-state index in [0.717, 1.165) is 17.1 Å². The SMILES string of the molecule is COc1ccc(-c2nnc(SCC(O)COc3ccccc3F)n2C)cc1. The van der Waals surface area contributed by atoms with Gasteiger partial charge < -0.3 is 19.1 Å². The summed E-state index contributed by atoms with van der Waals surface area (Å²) >= 11 is 1.36. The Morgan fingerprint density at radius 1 is 1.15 bits per heavy atom. The zero-order valence-electron chi connectivity index (χ0n) is 15.0. The van der Waals surface area contributed by atoms with E-state index < -0.39 is 11.9 Å². The minimum absolute atomic E-state index is 0.00286. The van der Waals surface area contributed by atoms with Gasteiger partial charge in [0.05, 0.1) is 13.2 Å². The molecule has 0 fully saturated rings. The van der Waals surface area contributed by atoms with Gasteiger partial charge in [-0.1, -0.05) is 23.9 Å². The van der Waals surface area contributed by atoms with Crippen LogP contribution < -0.4 is 9.47 Å². The predicted molar refractivity (Wildman–Crippen MR) is 102 cm³/mol. The van der Waals surface area contributed by atoms with Crippen LogP contribution in [-0.4, -0.2) is 45.4 Å². The molecule has 0 saturated heterocycles. The highest BCUT2D eigenvalue weighted by Gasteiger charge is 2.14. The number of halogens is 1. The van der Waals surface area contributed by atoms with Crippen molar-refractivity contribution >= 4 is 11.8 Å². The van der Waals surface area contributed by atoms with E-state index in [9.17, 15) is 9.50 Å². The Labute approximate surface area is 161 Å². The van der Waals surface area contributed by atoms with Crippen molar-refractivity contribution in [2.24, 2.45) is 7.05 Å². The maximum Gasteiger partial charge on any atom is 0.191 e. The summed E-state index contributed by atoms with van der Waals surface area (Å²) in [5.74, 6) is 1.52. The van der Waals surface area contributed by atoms with Crippen molar-refractivity contribution in [2.75, 3.05) is 19.5 Å². The zero-order valence-corrected chi connectivity index (χ0v) is 15.8. The topological polar surface area (TPSA) is 69.4 Å². The molecule has 0 aliphatic heterocycles. The molecule has 0 saturated carbocycles. The van der Waals surface area contributed by atoms with Crippen molar-refractivity contribution in [2.45, 2.75) is 11.3 Å². The highest BCUT2D eigenvalue weighted by molar-refractivity contribution is 7.99. The number of benzene rings is 2. The van der Waals surface area contributed by atoms with E-state index in [4.69, 9.17) is 9.47 Å². The molecule has 8 heteroatoms. The summed E-state index contributed by atoms with van der Waals surface area (Å²) in [6, 6.07) is 13.7. The molecule has 0 bridgehead atoms. The van der Waals surface area contributed by atoms with Gasteiger partial charge in [0.25, 0.3) is 0 Å². The van der Waals surface area contributed by atoms with E-state index in [2.05, 4.69) is 10.2 Å². The van der Waals surface area contributed by atoms with Crippen LogP contribution in [0.25, 0.3) is 11.4 Å². The molecule has 1 atom stereocenters. The number of aromatic nitrogens is 3. The van der Waals surface area contributed by atoms with Crippen molar-refractivity contribution in [1.82, 2.24) is 14.8 Å². The van der Waals surface area contributed by atoms with Gasteiger partial charge in [-0.05, 0) is 36.4 Å². The molecule has 3 aromatic rings. The van der Waals surface area contributed by atoms with Crippen molar-refractivity contribution in [3.05, 3.63) is 54.3 Å². The number of thioether (sulfide) groups is 1. The molecule has 2 aromatic carbocycles. The van der Waals surface area contributed by atoms with Gasteiger partial charge in [0.2, 0.25) is 0 Å². The summed E-state index contributed by atoms with van der Waals surface area (Å²) < 4.78 is 25.9. The second kappa shape index (κ2) is 8.88. The number of nitrogens with zero attached hydrogens (tertiary/aromatic N) is 3. The first-order valence-corrected chi connectivity index (χ1v) is 9.29.